The summed E-state index contributed by atoms with van der Waals surface area (Å²) >= 11 is 1.52. The number of hydrogen-bond donors (Lipinski definition) is 0. The number of cyclic esters (lactones) is 1. The molecular formula is C10H6N2O2S. The van der Waals surface area contributed by atoms with Gasteiger partial charge in [-0.3, -0.25) is 0 Å². The predicted octanol–water partition coefficient (Wildman–Crippen LogP) is 2.24. The molecule has 1 aromatic heterocycles. The quantitative estimate of drug-likeness (QED) is 0.737. The van der Waals surface area contributed by atoms with E-state index in [1.54, 1.807) is 0 Å². The molecule has 5 heteroatoms. The third-order valence-corrected chi connectivity index (χ3v) is 3.18. The monoisotopic (exact) mass is 218 g/mol. The van der Waals surface area contributed by atoms with Gasteiger partial charge in [-0.2, -0.15) is 4.99 Å². The number of rotatable bonds is 1. The van der Waals surface area contributed by atoms with Gasteiger partial charge in [0.15, 0.2) is 0 Å². The highest BCUT2D eigenvalue weighted by molar-refractivity contribution is 7.20. The molecule has 15 heavy (non-hydrogen) atoms. The van der Waals surface area contributed by atoms with E-state index in [0.717, 1.165) is 15.2 Å². The number of fused-ring (bicyclic) bond motifs is 1. The maximum atomic E-state index is 10.8. The maximum Gasteiger partial charge on any atom is 0.434 e. The summed E-state index contributed by atoms with van der Waals surface area (Å²) in [6.45, 7) is 0.235. The molecule has 4 nitrogen and oxygen atoms in total. The molecule has 0 fully saturated rings. The second-order valence-corrected chi connectivity index (χ2v) is 4.13. The molecule has 1 aliphatic heterocycles. The van der Waals surface area contributed by atoms with Crippen molar-refractivity contribution in [3.63, 3.8) is 0 Å². The van der Waals surface area contributed by atoms with E-state index in [1.165, 1.54) is 11.3 Å². The number of nitrogens with zero attached hydrogens (tertiary/aromatic N) is 2. The Morgan fingerprint density at radius 2 is 2.20 bits per heavy atom. The number of benzene rings is 1. The summed E-state index contributed by atoms with van der Waals surface area (Å²) in [7, 11) is 0. The standard InChI is InChI=1S/C10H6N2O2S/c13-10-12-7(5-14-10)9-11-6-3-1-2-4-8(6)15-9/h1-4H,5H2. The summed E-state index contributed by atoms with van der Waals surface area (Å²) in [5.74, 6) is 0. The van der Waals surface area contributed by atoms with Crippen molar-refractivity contribution in [2.24, 2.45) is 4.99 Å². The Kier molecular flexibility index (Phi) is 1.78. The summed E-state index contributed by atoms with van der Waals surface area (Å²) in [4.78, 5) is 19.0. The van der Waals surface area contributed by atoms with Gasteiger partial charge in [0.25, 0.3) is 0 Å². The van der Waals surface area contributed by atoms with Crippen LogP contribution >= 0.6 is 11.3 Å². The fourth-order valence-electron chi connectivity index (χ4n) is 1.41. The fraction of sp³-hybridized carbons (Fsp3) is 0.100. The first kappa shape index (κ1) is 8.55. The summed E-state index contributed by atoms with van der Waals surface area (Å²) < 4.78 is 5.83. The van der Waals surface area contributed by atoms with E-state index in [2.05, 4.69) is 9.98 Å². The first-order valence-corrected chi connectivity index (χ1v) is 5.25. The van der Waals surface area contributed by atoms with Gasteiger partial charge >= 0.3 is 6.09 Å². The van der Waals surface area contributed by atoms with Crippen LogP contribution in [0.1, 0.15) is 5.01 Å². The van der Waals surface area contributed by atoms with E-state index in [9.17, 15) is 4.79 Å². The van der Waals surface area contributed by atoms with Gasteiger partial charge in [0, 0.05) is 0 Å². The van der Waals surface area contributed by atoms with Gasteiger partial charge < -0.3 is 4.74 Å². The van der Waals surface area contributed by atoms with Crippen LogP contribution in [0.3, 0.4) is 0 Å². The Labute approximate surface area is 89.2 Å². The molecule has 74 valence electrons. The fourth-order valence-corrected chi connectivity index (χ4v) is 2.35. The van der Waals surface area contributed by atoms with Crippen molar-refractivity contribution in [2.45, 2.75) is 0 Å². The number of amides is 1. The molecule has 2 aromatic rings. The number of para-hydroxylation sites is 1. The van der Waals surface area contributed by atoms with Crippen LogP contribution in [-0.2, 0) is 4.74 Å². The molecule has 0 bridgehead atoms. The molecular weight excluding hydrogens is 212 g/mol. The third kappa shape index (κ3) is 1.41. The smallest absolute Gasteiger partial charge is 0.434 e. The lowest BCUT2D eigenvalue weighted by molar-refractivity contribution is 0.181. The van der Waals surface area contributed by atoms with Gasteiger partial charge in [0.2, 0.25) is 0 Å². The molecule has 0 saturated heterocycles. The molecule has 2 heterocycles. The number of aromatic nitrogens is 1. The number of carbonyl (C=O) groups is 1. The van der Waals surface area contributed by atoms with Crippen LogP contribution in [0, 0.1) is 0 Å². The zero-order chi connectivity index (χ0) is 10.3. The maximum absolute atomic E-state index is 10.8. The summed E-state index contributed by atoms with van der Waals surface area (Å²) in [6.07, 6.45) is -0.524. The van der Waals surface area contributed by atoms with E-state index >= 15 is 0 Å². The number of aliphatic imine (C=N–C) groups is 1. The van der Waals surface area contributed by atoms with Crippen molar-refractivity contribution in [2.75, 3.05) is 6.61 Å². The number of ether oxygens (including phenoxy) is 1. The molecule has 0 atom stereocenters. The van der Waals surface area contributed by atoms with Crippen LogP contribution in [0.15, 0.2) is 29.3 Å². The Bertz CT molecular complexity index is 541. The molecule has 1 aromatic carbocycles. The van der Waals surface area contributed by atoms with Gasteiger partial charge in [-0.05, 0) is 12.1 Å². The molecule has 1 amide bonds. The zero-order valence-corrected chi connectivity index (χ0v) is 8.45. The molecule has 0 aliphatic carbocycles. The van der Waals surface area contributed by atoms with Crippen LogP contribution in [0.5, 0.6) is 0 Å². The molecule has 3 rings (SSSR count). The van der Waals surface area contributed by atoms with Crippen molar-refractivity contribution >= 4 is 33.4 Å². The van der Waals surface area contributed by atoms with Crippen molar-refractivity contribution in [1.29, 1.82) is 0 Å². The van der Waals surface area contributed by atoms with Crippen molar-refractivity contribution in [1.82, 2.24) is 4.98 Å². The highest BCUT2D eigenvalue weighted by atomic mass is 32.1. The molecule has 0 spiro atoms. The van der Waals surface area contributed by atoms with E-state index in [4.69, 9.17) is 4.74 Å². The Morgan fingerprint density at radius 1 is 1.33 bits per heavy atom. The minimum Gasteiger partial charge on any atom is -0.441 e. The minimum atomic E-state index is -0.524. The summed E-state index contributed by atoms with van der Waals surface area (Å²) in [5.41, 5.74) is 1.56. The van der Waals surface area contributed by atoms with Crippen molar-refractivity contribution < 1.29 is 9.53 Å². The lowest BCUT2D eigenvalue weighted by Crippen LogP contribution is -2.01. The normalized spacial score (nSPS) is 15.5. The van der Waals surface area contributed by atoms with E-state index in [1.807, 2.05) is 24.3 Å². The molecule has 0 radical (unpaired) electrons. The van der Waals surface area contributed by atoms with Crippen molar-refractivity contribution in [3.8, 4) is 0 Å². The predicted molar refractivity (Wildman–Crippen MR) is 57.5 cm³/mol. The number of thiazole rings is 1. The second kappa shape index (κ2) is 3.13. The van der Waals surface area contributed by atoms with Gasteiger partial charge in [-0.25, -0.2) is 9.78 Å². The van der Waals surface area contributed by atoms with Gasteiger partial charge in [0.1, 0.15) is 17.3 Å². The molecule has 0 saturated carbocycles. The van der Waals surface area contributed by atoms with Crippen LogP contribution < -0.4 is 0 Å². The Morgan fingerprint density at radius 3 is 2.93 bits per heavy atom. The van der Waals surface area contributed by atoms with E-state index in [-0.39, 0.29) is 6.61 Å². The van der Waals surface area contributed by atoms with Crippen LogP contribution in [0.4, 0.5) is 4.79 Å². The van der Waals surface area contributed by atoms with Gasteiger partial charge in [-0.1, -0.05) is 12.1 Å². The van der Waals surface area contributed by atoms with Crippen LogP contribution in [-0.4, -0.2) is 23.4 Å². The Balaban J connectivity index is 2.12. The topological polar surface area (TPSA) is 51.5 Å². The van der Waals surface area contributed by atoms with Crippen LogP contribution in [0.25, 0.3) is 10.2 Å². The number of carbonyl (C=O) groups excluding carboxylic acids is 1. The SMILES string of the molecule is O=C1N=C(c2nc3ccccc3s2)CO1. The first-order chi connectivity index (χ1) is 7.33. The number of hydrogen-bond acceptors (Lipinski definition) is 4. The Hall–Kier alpha value is -1.75. The molecule has 0 unspecified atom stereocenters. The van der Waals surface area contributed by atoms with Gasteiger partial charge in [0.05, 0.1) is 10.2 Å². The second-order valence-electron chi connectivity index (χ2n) is 3.10. The zero-order valence-electron chi connectivity index (χ0n) is 7.64. The highest BCUT2D eigenvalue weighted by Crippen LogP contribution is 2.23. The summed E-state index contributed by atoms with van der Waals surface area (Å²) in [5, 5.41) is 0.766. The first-order valence-electron chi connectivity index (χ1n) is 4.43. The van der Waals surface area contributed by atoms with Crippen molar-refractivity contribution in [3.05, 3.63) is 29.3 Å². The highest BCUT2D eigenvalue weighted by Gasteiger charge is 2.19. The molecule has 0 N–H and O–H groups in total. The lowest BCUT2D eigenvalue weighted by Gasteiger charge is -1.88. The minimum absolute atomic E-state index is 0.235. The average Bonchev–Trinajstić information content (AvgIpc) is 2.82. The van der Waals surface area contributed by atoms with Crippen LogP contribution in [0.2, 0.25) is 0 Å². The lowest BCUT2D eigenvalue weighted by atomic mass is 10.3. The largest absolute Gasteiger partial charge is 0.441 e. The average molecular weight is 218 g/mol. The van der Waals surface area contributed by atoms with E-state index in [0.29, 0.717) is 5.71 Å². The summed E-state index contributed by atoms with van der Waals surface area (Å²) in [6, 6.07) is 7.83. The van der Waals surface area contributed by atoms with Gasteiger partial charge in [-0.15, -0.1) is 11.3 Å². The van der Waals surface area contributed by atoms with E-state index < -0.39 is 6.09 Å². The molecule has 1 aliphatic rings. The third-order valence-electron chi connectivity index (χ3n) is 2.10.